The molecule has 2 saturated heterocycles. The van der Waals surface area contributed by atoms with Crippen LogP contribution in [0.1, 0.15) is 70.2 Å². The van der Waals surface area contributed by atoms with E-state index in [0.29, 0.717) is 6.42 Å². The van der Waals surface area contributed by atoms with E-state index in [9.17, 15) is 28.8 Å². The molecule has 1 aromatic carbocycles. The van der Waals surface area contributed by atoms with Gasteiger partial charge in [-0.15, -0.1) is 11.8 Å². The summed E-state index contributed by atoms with van der Waals surface area (Å²) in [6.45, 7) is 6.85. The lowest BCUT2D eigenvalue weighted by Crippen LogP contribution is -2.63. The third kappa shape index (κ3) is 8.71. The highest BCUT2D eigenvalue weighted by Crippen LogP contribution is 2.39. The third-order valence-electron chi connectivity index (χ3n) is 7.14. The van der Waals surface area contributed by atoms with Crippen molar-refractivity contribution in [2.45, 2.75) is 95.5 Å². The lowest BCUT2D eigenvalue weighted by molar-refractivity contribution is -0.172. The first-order valence-electron chi connectivity index (χ1n) is 14.5. The minimum absolute atomic E-state index is 0.0551. The number of benzene rings is 1. The molecule has 2 N–H and O–H groups in total. The van der Waals surface area contributed by atoms with Crippen LogP contribution in [0.15, 0.2) is 30.3 Å². The summed E-state index contributed by atoms with van der Waals surface area (Å²) in [5, 5.41) is 4.55. The van der Waals surface area contributed by atoms with Gasteiger partial charge >= 0.3 is 17.9 Å². The molecule has 236 valence electrons. The van der Waals surface area contributed by atoms with Crippen LogP contribution in [0.5, 0.6) is 0 Å². The van der Waals surface area contributed by atoms with Crippen LogP contribution in [0, 0.1) is 5.92 Å². The molecule has 2 fully saturated rings. The molecule has 43 heavy (non-hydrogen) atoms. The first kappa shape index (κ1) is 33.9. The second-order valence-corrected chi connectivity index (χ2v) is 12.2. The van der Waals surface area contributed by atoms with E-state index < -0.39 is 71.3 Å². The number of amides is 3. The van der Waals surface area contributed by atoms with Crippen LogP contribution in [0.4, 0.5) is 0 Å². The number of methoxy groups -OCH3 is 1. The normalized spacial score (nSPS) is 24.9. The number of esters is 3. The Morgan fingerprint density at radius 2 is 1.72 bits per heavy atom. The maximum absolute atomic E-state index is 14.4. The standard InChI is InChI=1S/C30H41N3O9S/c1-6-7-9-14-22(36)42-25-23(31-21(35)15-17(2)3)24(32-27(37)19-12-10-8-11-13-19)28(38)33-20(30(39)40-5)16-43-29(33)26(25)41-18(4)34/h8,10-13,17,20,23-26,29H,6-7,9,14-16H2,1-5H3,(H,31,35)(H,32,37)/t20-,23+,24+,25-,26+,29+/m0/s1. The molecule has 0 aromatic heterocycles. The van der Waals surface area contributed by atoms with Crippen molar-refractivity contribution in [2.75, 3.05) is 12.9 Å². The second kappa shape index (κ2) is 15.7. The summed E-state index contributed by atoms with van der Waals surface area (Å²) >= 11 is 1.16. The predicted molar refractivity (Wildman–Crippen MR) is 158 cm³/mol. The van der Waals surface area contributed by atoms with E-state index in [1.54, 1.807) is 30.3 Å². The number of carbonyl (C=O) groups is 6. The second-order valence-electron chi connectivity index (χ2n) is 11.0. The maximum atomic E-state index is 14.4. The Bertz CT molecular complexity index is 1180. The summed E-state index contributed by atoms with van der Waals surface area (Å²) < 4.78 is 16.6. The van der Waals surface area contributed by atoms with E-state index in [4.69, 9.17) is 14.2 Å². The zero-order valence-corrected chi connectivity index (χ0v) is 26.0. The van der Waals surface area contributed by atoms with Gasteiger partial charge in [0.05, 0.1) is 13.2 Å². The molecule has 12 nitrogen and oxygen atoms in total. The molecule has 6 atom stereocenters. The molecular formula is C30H41N3O9S. The van der Waals surface area contributed by atoms with Crippen LogP contribution in [-0.4, -0.2) is 89.1 Å². The van der Waals surface area contributed by atoms with Crippen molar-refractivity contribution in [3.8, 4) is 0 Å². The zero-order valence-electron chi connectivity index (χ0n) is 25.2. The molecular weight excluding hydrogens is 578 g/mol. The van der Waals surface area contributed by atoms with Crippen LogP contribution in [0.2, 0.25) is 0 Å². The molecule has 0 unspecified atom stereocenters. The molecule has 0 saturated carbocycles. The highest BCUT2D eigenvalue weighted by atomic mass is 32.2. The van der Waals surface area contributed by atoms with Gasteiger partial charge in [-0.2, -0.15) is 0 Å². The van der Waals surface area contributed by atoms with Gasteiger partial charge < -0.3 is 29.7 Å². The number of thioether (sulfide) groups is 1. The van der Waals surface area contributed by atoms with Gasteiger partial charge in [0.1, 0.15) is 17.5 Å². The molecule has 2 aliphatic heterocycles. The first-order valence-corrected chi connectivity index (χ1v) is 15.6. The molecule has 1 aromatic rings. The zero-order chi connectivity index (χ0) is 31.7. The Morgan fingerprint density at radius 3 is 2.33 bits per heavy atom. The molecule has 13 heteroatoms. The van der Waals surface area contributed by atoms with E-state index in [-0.39, 0.29) is 30.1 Å². The molecule has 0 aliphatic carbocycles. The number of nitrogens with zero attached hydrogens (tertiary/aromatic N) is 1. The molecule has 0 bridgehead atoms. The minimum atomic E-state index is -1.49. The quantitative estimate of drug-likeness (QED) is 0.202. The van der Waals surface area contributed by atoms with Gasteiger partial charge in [0.2, 0.25) is 11.8 Å². The summed E-state index contributed by atoms with van der Waals surface area (Å²) in [4.78, 5) is 80.6. The van der Waals surface area contributed by atoms with Crippen molar-refractivity contribution in [1.29, 1.82) is 0 Å². The van der Waals surface area contributed by atoms with Crippen LogP contribution in [0.25, 0.3) is 0 Å². The predicted octanol–water partition coefficient (Wildman–Crippen LogP) is 2.20. The summed E-state index contributed by atoms with van der Waals surface area (Å²) in [6, 6.07) is 4.25. The smallest absolute Gasteiger partial charge is 0.329 e. The number of fused-ring (bicyclic) bond motifs is 1. The molecule has 3 amide bonds. The van der Waals surface area contributed by atoms with E-state index in [1.807, 2.05) is 20.8 Å². The van der Waals surface area contributed by atoms with E-state index in [2.05, 4.69) is 10.6 Å². The van der Waals surface area contributed by atoms with Gasteiger partial charge in [-0.25, -0.2) is 4.79 Å². The summed E-state index contributed by atoms with van der Waals surface area (Å²) in [7, 11) is 1.19. The van der Waals surface area contributed by atoms with Gasteiger partial charge in [-0.1, -0.05) is 51.8 Å². The fraction of sp³-hybridized carbons (Fsp3) is 0.600. The fourth-order valence-corrected chi connectivity index (χ4v) is 6.67. The Hall–Kier alpha value is -3.61. The number of hydrogen-bond donors (Lipinski definition) is 2. The topological polar surface area (TPSA) is 157 Å². The molecule has 0 radical (unpaired) electrons. The largest absolute Gasteiger partial charge is 0.467 e. The van der Waals surface area contributed by atoms with Crippen LogP contribution in [0.3, 0.4) is 0 Å². The molecule has 2 aliphatic rings. The maximum Gasteiger partial charge on any atom is 0.329 e. The summed E-state index contributed by atoms with van der Waals surface area (Å²) in [5.41, 5.74) is 0.244. The van der Waals surface area contributed by atoms with Crippen molar-refractivity contribution >= 4 is 47.4 Å². The van der Waals surface area contributed by atoms with Crippen molar-refractivity contribution in [3.05, 3.63) is 35.9 Å². The van der Waals surface area contributed by atoms with Gasteiger partial charge in [-0.05, 0) is 24.5 Å². The lowest BCUT2D eigenvalue weighted by atomic mass is 9.97. The molecule has 0 spiro atoms. The van der Waals surface area contributed by atoms with Crippen molar-refractivity contribution < 1.29 is 43.0 Å². The fourth-order valence-electron chi connectivity index (χ4n) is 5.18. The van der Waals surface area contributed by atoms with Gasteiger partial charge in [-0.3, -0.25) is 24.0 Å². The third-order valence-corrected chi connectivity index (χ3v) is 8.49. The lowest BCUT2D eigenvalue weighted by Gasteiger charge is -2.35. The van der Waals surface area contributed by atoms with Crippen LogP contribution >= 0.6 is 11.8 Å². The number of carbonyl (C=O) groups excluding carboxylic acids is 6. The Balaban J connectivity index is 2.16. The number of unbranched alkanes of at least 4 members (excludes halogenated alkanes) is 2. The monoisotopic (exact) mass is 619 g/mol. The summed E-state index contributed by atoms with van der Waals surface area (Å²) in [5.74, 6) is -3.77. The number of ether oxygens (including phenoxy) is 3. The van der Waals surface area contributed by atoms with E-state index in [0.717, 1.165) is 24.6 Å². The Kier molecular flexibility index (Phi) is 12.4. The number of hydrogen-bond acceptors (Lipinski definition) is 10. The number of nitrogens with one attached hydrogen (secondary N) is 2. The van der Waals surface area contributed by atoms with Crippen LogP contribution in [-0.2, 0) is 38.2 Å². The van der Waals surface area contributed by atoms with Gasteiger partial charge in [0.15, 0.2) is 12.2 Å². The van der Waals surface area contributed by atoms with Crippen molar-refractivity contribution in [2.24, 2.45) is 5.92 Å². The average Bonchev–Trinajstić information content (AvgIpc) is 3.38. The van der Waals surface area contributed by atoms with E-state index in [1.165, 1.54) is 18.9 Å². The van der Waals surface area contributed by atoms with Crippen molar-refractivity contribution in [1.82, 2.24) is 15.5 Å². The van der Waals surface area contributed by atoms with E-state index >= 15 is 0 Å². The average molecular weight is 620 g/mol. The van der Waals surface area contributed by atoms with Gasteiger partial charge in [0.25, 0.3) is 5.91 Å². The molecule has 2 heterocycles. The first-order chi connectivity index (χ1) is 20.5. The van der Waals surface area contributed by atoms with Crippen LogP contribution < -0.4 is 10.6 Å². The van der Waals surface area contributed by atoms with Gasteiger partial charge in [0, 0.05) is 31.1 Å². The SMILES string of the molecule is CCCCCC(=O)O[C@H]1[C@H](NC(=O)CC(C)C)[C@@H](NC(=O)c2ccccc2)C(=O)N2[C@H](SC[C@H]2C(=O)OC)[C@@H]1OC(C)=O. The Labute approximate surface area is 255 Å². The summed E-state index contributed by atoms with van der Waals surface area (Å²) in [6.07, 6.45) is -0.324. The highest BCUT2D eigenvalue weighted by Gasteiger charge is 2.58. The minimum Gasteiger partial charge on any atom is -0.467 e. The number of rotatable bonds is 12. The highest BCUT2D eigenvalue weighted by molar-refractivity contribution is 8.00. The molecule has 3 rings (SSSR count). The Morgan fingerprint density at radius 1 is 1.02 bits per heavy atom. The van der Waals surface area contributed by atoms with Crippen molar-refractivity contribution in [3.63, 3.8) is 0 Å².